The fraction of sp³-hybridized carbons (Fsp3) is 0.438. The Hall–Kier alpha value is -1.55. The van der Waals surface area contributed by atoms with Gasteiger partial charge in [0.15, 0.2) is 5.82 Å². The van der Waals surface area contributed by atoms with Crippen LogP contribution in [0.25, 0.3) is 11.1 Å². The lowest BCUT2D eigenvalue weighted by molar-refractivity contribution is 0.413. The van der Waals surface area contributed by atoms with E-state index in [1.54, 1.807) is 6.07 Å². The van der Waals surface area contributed by atoms with Crippen molar-refractivity contribution in [3.63, 3.8) is 0 Å². The van der Waals surface area contributed by atoms with Crippen molar-refractivity contribution in [1.82, 2.24) is 10.2 Å². The summed E-state index contributed by atoms with van der Waals surface area (Å²) in [6, 6.07) is 4.43. The van der Waals surface area contributed by atoms with Crippen LogP contribution in [0.15, 0.2) is 18.2 Å². The van der Waals surface area contributed by atoms with Crippen LogP contribution in [0.4, 0.5) is 10.2 Å². The van der Waals surface area contributed by atoms with Crippen molar-refractivity contribution < 1.29 is 4.39 Å². The van der Waals surface area contributed by atoms with Crippen molar-refractivity contribution in [1.29, 1.82) is 0 Å². The van der Waals surface area contributed by atoms with E-state index in [4.69, 9.17) is 17.3 Å². The second-order valence-corrected chi connectivity index (χ2v) is 6.71. The number of nitrogens with one attached hydrogen (secondary N) is 1. The summed E-state index contributed by atoms with van der Waals surface area (Å²) in [7, 11) is 0. The first-order valence-electron chi connectivity index (χ1n) is 7.42. The lowest BCUT2D eigenvalue weighted by atomic mass is 9.84. The quantitative estimate of drug-likeness (QED) is 0.866. The Bertz CT molecular complexity index is 697. The maximum absolute atomic E-state index is 13.3. The molecule has 3 N–H and O–H groups in total. The number of aromatic nitrogens is 2. The van der Waals surface area contributed by atoms with Gasteiger partial charge in [0.05, 0.1) is 5.02 Å². The number of fused-ring (bicyclic) bond motifs is 2. The molecule has 2 fully saturated rings. The minimum absolute atomic E-state index is 0.340. The Morgan fingerprint density at radius 1 is 1.29 bits per heavy atom. The normalized spacial score (nSPS) is 27.4. The molecule has 110 valence electrons. The van der Waals surface area contributed by atoms with Gasteiger partial charge in [-0.25, -0.2) is 4.39 Å². The second-order valence-electron chi connectivity index (χ2n) is 6.30. The van der Waals surface area contributed by atoms with E-state index in [1.807, 2.05) is 0 Å². The minimum atomic E-state index is -0.340. The maximum atomic E-state index is 13.3. The highest BCUT2D eigenvalue weighted by atomic mass is 35.5. The van der Waals surface area contributed by atoms with Gasteiger partial charge in [-0.1, -0.05) is 18.0 Å². The fourth-order valence-corrected chi connectivity index (χ4v) is 4.47. The van der Waals surface area contributed by atoms with Crippen LogP contribution in [-0.2, 0) is 0 Å². The van der Waals surface area contributed by atoms with E-state index in [9.17, 15) is 4.39 Å². The summed E-state index contributed by atoms with van der Waals surface area (Å²) < 4.78 is 13.3. The molecule has 2 bridgehead atoms. The number of aromatic amines is 1. The number of anilines is 1. The predicted octanol–water partition coefficient (Wildman–Crippen LogP) is 4.36. The molecule has 0 aliphatic heterocycles. The van der Waals surface area contributed by atoms with Gasteiger partial charge in [-0.2, -0.15) is 5.10 Å². The van der Waals surface area contributed by atoms with Gasteiger partial charge in [0.25, 0.3) is 0 Å². The van der Waals surface area contributed by atoms with Crippen LogP contribution < -0.4 is 5.73 Å². The molecular formula is C16H17ClFN3. The minimum Gasteiger partial charge on any atom is -0.382 e. The molecule has 1 aromatic carbocycles. The monoisotopic (exact) mass is 305 g/mol. The number of benzene rings is 1. The fourth-order valence-electron chi connectivity index (χ4n) is 4.21. The average Bonchev–Trinajstić information content (AvgIpc) is 3.14. The van der Waals surface area contributed by atoms with Gasteiger partial charge in [-0.05, 0) is 49.3 Å². The van der Waals surface area contributed by atoms with Crippen molar-refractivity contribution in [3.05, 3.63) is 34.7 Å². The lowest BCUT2D eigenvalue weighted by Gasteiger charge is -2.22. The summed E-state index contributed by atoms with van der Waals surface area (Å²) in [4.78, 5) is 0. The lowest BCUT2D eigenvalue weighted by Crippen LogP contribution is -2.10. The second kappa shape index (κ2) is 4.73. The molecule has 0 amide bonds. The smallest absolute Gasteiger partial charge is 0.153 e. The van der Waals surface area contributed by atoms with Gasteiger partial charge in [-0.3, -0.25) is 5.10 Å². The molecule has 0 spiro atoms. The van der Waals surface area contributed by atoms with E-state index >= 15 is 0 Å². The number of hydrogen-bond acceptors (Lipinski definition) is 2. The molecule has 3 nitrogen and oxygen atoms in total. The first-order chi connectivity index (χ1) is 10.1. The summed E-state index contributed by atoms with van der Waals surface area (Å²) in [5.74, 6) is 2.13. The molecule has 0 radical (unpaired) electrons. The van der Waals surface area contributed by atoms with Crippen molar-refractivity contribution in [3.8, 4) is 11.1 Å². The first kappa shape index (κ1) is 13.1. The Kier molecular flexibility index (Phi) is 2.96. The zero-order chi connectivity index (χ0) is 14.6. The topological polar surface area (TPSA) is 54.7 Å². The van der Waals surface area contributed by atoms with E-state index in [1.165, 1.54) is 37.8 Å². The van der Waals surface area contributed by atoms with E-state index in [0.717, 1.165) is 22.7 Å². The SMILES string of the molecule is Nc1n[nH]c(C2CC3CCC2C3)c1-c1ccc(F)cc1Cl. The van der Waals surface area contributed by atoms with E-state index in [2.05, 4.69) is 10.2 Å². The van der Waals surface area contributed by atoms with E-state index < -0.39 is 0 Å². The molecule has 0 saturated heterocycles. The third kappa shape index (κ3) is 2.04. The zero-order valence-electron chi connectivity index (χ0n) is 11.6. The molecule has 3 atom stereocenters. The molecule has 1 heterocycles. The van der Waals surface area contributed by atoms with Crippen LogP contribution in [-0.4, -0.2) is 10.2 Å². The van der Waals surface area contributed by atoms with Crippen molar-refractivity contribution in [2.24, 2.45) is 11.8 Å². The predicted molar refractivity (Wildman–Crippen MR) is 81.6 cm³/mol. The van der Waals surface area contributed by atoms with Gasteiger partial charge in [0.1, 0.15) is 5.82 Å². The average molecular weight is 306 g/mol. The number of rotatable bonds is 2. The van der Waals surface area contributed by atoms with Crippen molar-refractivity contribution >= 4 is 17.4 Å². The number of hydrogen-bond donors (Lipinski definition) is 2. The highest BCUT2D eigenvalue weighted by molar-refractivity contribution is 6.33. The summed E-state index contributed by atoms with van der Waals surface area (Å²) in [5, 5.41) is 7.68. The molecule has 3 unspecified atom stereocenters. The summed E-state index contributed by atoms with van der Waals surface area (Å²) in [6.45, 7) is 0. The van der Waals surface area contributed by atoms with Gasteiger partial charge >= 0.3 is 0 Å². The Balaban J connectivity index is 1.80. The summed E-state index contributed by atoms with van der Waals surface area (Å²) >= 11 is 6.21. The molecule has 2 aromatic rings. The van der Waals surface area contributed by atoms with Crippen LogP contribution in [0.2, 0.25) is 5.02 Å². The molecule has 2 aliphatic rings. The molecule has 1 aromatic heterocycles. The van der Waals surface area contributed by atoms with Crippen molar-refractivity contribution in [2.75, 3.05) is 5.73 Å². The standard InChI is InChI=1S/C16H17ClFN3/c17-13-7-10(18)3-4-11(13)14-15(20-21-16(14)19)12-6-8-1-2-9(12)5-8/h3-4,7-9,12H,1-2,5-6H2,(H3,19,20,21). The highest BCUT2D eigenvalue weighted by Crippen LogP contribution is 2.54. The van der Waals surface area contributed by atoms with Gasteiger partial charge in [0, 0.05) is 22.7 Å². The molecule has 21 heavy (non-hydrogen) atoms. The number of nitrogen functional groups attached to an aromatic ring is 1. The van der Waals surface area contributed by atoms with Gasteiger partial charge in [0.2, 0.25) is 0 Å². The van der Waals surface area contributed by atoms with Crippen LogP contribution in [0.1, 0.15) is 37.3 Å². The Morgan fingerprint density at radius 3 is 2.81 bits per heavy atom. The summed E-state index contributed by atoms with van der Waals surface area (Å²) in [6.07, 6.45) is 5.13. The van der Waals surface area contributed by atoms with Crippen LogP contribution >= 0.6 is 11.6 Å². The van der Waals surface area contributed by atoms with Gasteiger partial charge < -0.3 is 5.73 Å². The Labute approximate surface area is 127 Å². The first-order valence-corrected chi connectivity index (χ1v) is 7.80. The van der Waals surface area contributed by atoms with Crippen LogP contribution in [0.5, 0.6) is 0 Å². The Morgan fingerprint density at radius 2 is 2.14 bits per heavy atom. The molecular weight excluding hydrogens is 289 g/mol. The number of halogens is 2. The molecule has 2 aliphatic carbocycles. The largest absolute Gasteiger partial charge is 0.382 e. The summed E-state index contributed by atoms with van der Waals surface area (Å²) in [5.41, 5.74) is 8.75. The maximum Gasteiger partial charge on any atom is 0.153 e. The molecule has 4 rings (SSSR count). The van der Waals surface area contributed by atoms with E-state index in [0.29, 0.717) is 22.7 Å². The third-order valence-corrected chi connectivity index (χ3v) is 5.44. The number of nitrogens with two attached hydrogens (primary N) is 1. The highest BCUT2D eigenvalue weighted by Gasteiger charge is 2.42. The number of H-pyrrole nitrogens is 1. The van der Waals surface area contributed by atoms with E-state index in [-0.39, 0.29) is 5.82 Å². The molecule has 5 heteroatoms. The number of nitrogens with zero attached hydrogens (tertiary/aromatic N) is 1. The van der Waals surface area contributed by atoms with Crippen molar-refractivity contribution in [2.45, 2.75) is 31.6 Å². The third-order valence-electron chi connectivity index (χ3n) is 5.13. The van der Waals surface area contributed by atoms with Crippen LogP contribution in [0, 0.1) is 17.7 Å². The van der Waals surface area contributed by atoms with Gasteiger partial charge in [-0.15, -0.1) is 0 Å². The van der Waals surface area contributed by atoms with Crippen LogP contribution in [0.3, 0.4) is 0 Å². The zero-order valence-corrected chi connectivity index (χ0v) is 12.3. The molecule has 2 saturated carbocycles.